The average molecular weight is 473 g/mol. The minimum Gasteiger partial charge on any atom is -0.490 e. The number of amides is 1. The van der Waals surface area contributed by atoms with Gasteiger partial charge in [0.2, 0.25) is 0 Å². The van der Waals surface area contributed by atoms with Crippen molar-refractivity contribution >= 4 is 52.2 Å². The van der Waals surface area contributed by atoms with Gasteiger partial charge in [0.25, 0.3) is 5.91 Å². The highest BCUT2D eigenvalue weighted by Gasteiger charge is 2.30. The van der Waals surface area contributed by atoms with E-state index >= 15 is 0 Å². The Bertz CT molecular complexity index is 1110. The lowest BCUT2D eigenvalue weighted by Crippen LogP contribution is -2.23. The monoisotopic (exact) mass is 472 g/mol. The molecule has 1 saturated heterocycles. The number of hydrogen-bond donors (Lipinski definition) is 1. The van der Waals surface area contributed by atoms with Gasteiger partial charge < -0.3 is 14.6 Å². The molecular formula is C23H21ClN2O5S. The summed E-state index contributed by atoms with van der Waals surface area (Å²) in [6.07, 6.45) is 3.33. The first-order valence-corrected chi connectivity index (χ1v) is 10.8. The van der Waals surface area contributed by atoms with E-state index < -0.39 is 5.97 Å². The van der Waals surface area contributed by atoms with Crippen LogP contribution in [0.3, 0.4) is 0 Å². The predicted molar refractivity (Wildman–Crippen MR) is 127 cm³/mol. The molecule has 0 unspecified atom stereocenters. The first-order valence-electron chi connectivity index (χ1n) is 9.63. The second-order valence-corrected chi connectivity index (χ2v) is 8.00. The van der Waals surface area contributed by atoms with Crippen LogP contribution in [0.2, 0.25) is 5.02 Å². The number of rotatable bonds is 8. The van der Waals surface area contributed by atoms with E-state index in [9.17, 15) is 9.59 Å². The van der Waals surface area contributed by atoms with Crippen molar-refractivity contribution in [3.05, 3.63) is 70.1 Å². The number of carboxylic acid groups (broad SMARTS) is 1. The molecule has 0 bridgehead atoms. The third-order valence-corrected chi connectivity index (χ3v) is 5.66. The average Bonchev–Trinajstić information content (AvgIpc) is 3.01. The van der Waals surface area contributed by atoms with Crippen molar-refractivity contribution in [3.8, 4) is 11.5 Å². The summed E-state index contributed by atoms with van der Waals surface area (Å²) in [5, 5.41) is 9.85. The van der Waals surface area contributed by atoms with Crippen LogP contribution in [-0.2, 0) is 4.79 Å². The summed E-state index contributed by atoms with van der Waals surface area (Å²) >= 11 is 7.60. The van der Waals surface area contributed by atoms with Crippen molar-refractivity contribution in [1.82, 2.24) is 4.90 Å². The first-order chi connectivity index (χ1) is 15.3. The van der Waals surface area contributed by atoms with Crippen LogP contribution in [0, 0.1) is 0 Å². The van der Waals surface area contributed by atoms with Crippen molar-refractivity contribution in [2.75, 3.05) is 20.3 Å². The topological polar surface area (TPSA) is 88.4 Å². The second-order valence-electron chi connectivity index (χ2n) is 6.58. The Morgan fingerprint density at radius 2 is 2.00 bits per heavy atom. The van der Waals surface area contributed by atoms with E-state index in [0.717, 1.165) is 0 Å². The van der Waals surface area contributed by atoms with Gasteiger partial charge in [0.05, 0.1) is 27.8 Å². The fourth-order valence-corrected chi connectivity index (χ4v) is 4.07. The summed E-state index contributed by atoms with van der Waals surface area (Å²) in [6.45, 7) is 6.20. The van der Waals surface area contributed by atoms with Gasteiger partial charge in [-0.25, -0.2) is 9.79 Å². The van der Waals surface area contributed by atoms with Crippen LogP contribution in [0.25, 0.3) is 6.08 Å². The summed E-state index contributed by atoms with van der Waals surface area (Å²) in [7, 11) is 1.63. The number of hydrogen-bond acceptors (Lipinski definition) is 6. The fraction of sp³-hybridized carbons (Fsp3) is 0.174. The summed E-state index contributed by atoms with van der Waals surface area (Å²) in [6, 6.07) is 9.57. The zero-order chi connectivity index (χ0) is 23.3. The molecule has 0 saturated carbocycles. The van der Waals surface area contributed by atoms with Gasteiger partial charge in [0.1, 0.15) is 6.61 Å². The molecule has 0 aromatic heterocycles. The minimum absolute atomic E-state index is 0.167. The van der Waals surface area contributed by atoms with Gasteiger partial charge in [0.15, 0.2) is 16.7 Å². The molecule has 2 aromatic rings. The van der Waals surface area contributed by atoms with Gasteiger partial charge in [-0.05, 0) is 66.7 Å². The van der Waals surface area contributed by atoms with Crippen LogP contribution in [0.1, 0.15) is 22.8 Å². The van der Waals surface area contributed by atoms with E-state index in [1.54, 1.807) is 43.5 Å². The van der Waals surface area contributed by atoms with Crippen LogP contribution in [-0.4, -0.2) is 47.3 Å². The third-order valence-electron chi connectivity index (χ3n) is 4.32. The molecule has 0 atom stereocenters. The summed E-state index contributed by atoms with van der Waals surface area (Å²) in [5.41, 5.74) is 1.39. The normalized spacial score (nSPS) is 16.0. The number of aromatic carboxylic acids is 1. The molecule has 3 rings (SSSR count). The highest BCUT2D eigenvalue weighted by molar-refractivity contribution is 8.18. The maximum atomic E-state index is 12.7. The van der Waals surface area contributed by atoms with Crippen molar-refractivity contribution < 1.29 is 24.2 Å². The molecular weight excluding hydrogens is 452 g/mol. The number of nitrogens with zero attached hydrogens (tertiary/aromatic N) is 2. The van der Waals surface area contributed by atoms with E-state index in [1.165, 1.54) is 28.8 Å². The number of benzene rings is 2. The standard InChI is InChI=1S/C23H21ClN2O5S/c1-4-10-31-20-17(24)11-14(12-18(20)30-5-2)13-19-21(27)26(3)23(32-19)25-16-8-6-15(7-9-16)22(28)29/h4,6-9,11-13H,1,5,10H2,2-3H3,(H,28,29). The highest BCUT2D eigenvalue weighted by atomic mass is 35.5. The molecule has 7 nitrogen and oxygen atoms in total. The van der Waals surface area contributed by atoms with Crippen molar-refractivity contribution in [2.24, 2.45) is 4.99 Å². The van der Waals surface area contributed by atoms with Crippen molar-refractivity contribution in [1.29, 1.82) is 0 Å². The molecule has 0 radical (unpaired) electrons. The molecule has 166 valence electrons. The molecule has 1 heterocycles. The van der Waals surface area contributed by atoms with Crippen LogP contribution >= 0.6 is 23.4 Å². The molecule has 2 aromatic carbocycles. The summed E-state index contributed by atoms with van der Waals surface area (Å²) in [5.74, 6) is -0.324. The molecule has 0 spiro atoms. The smallest absolute Gasteiger partial charge is 0.335 e. The molecule has 1 aliphatic heterocycles. The second kappa shape index (κ2) is 10.4. The molecule has 1 N–H and O–H groups in total. The summed E-state index contributed by atoms with van der Waals surface area (Å²) in [4.78, 5) is 30.1. The van der Waals surface area contributed by atoms with Gasteiger partial charge in [-0.3, -0.25) is 9.69 Å². The van der Waals surface area contributed by atoms with Crippen LogP contribution in [0.5, 0.6) is 11.5 Å². The SMILES string of the molecule is C=CCOc1c(Cl)cc(C=C2SC(=Nc3ccc(C(=O)O)cc3)N(C)C2=O)cc1OCC. The number of carboxylic acids is 1. The van der Waals surface area contributed by atoms with Gasteiger partial charge in [-0.15, -0.1) is 0 Å². The van der Waals surface area contributed by atoms with Crippen LogP contribution < -0.4 is 9.47 Å². The van der Waals surface area contributed by atoms with Gasteiger partial charge >= 0.3 is 5.97 Å². The predicted octanol–water partition coefficient (Wildman–Crippen LogP) is 5.24. The number of aliphatic imine (C=N–C) groups is 1. The quantitative estimate of drug-likeness (QED) is 0.417. The van der Waals surface area contributed by atoms with Gasteiger partial charge in [0, 0.05) is 7.05 Å². The number of likely N-dealkylation sites (N-methyl/N-ethyl adjacent to an activating group) is 1. The third kappa shape index (κ3) is 5.33. The lowest BCUT2D eigenvalue weighted by atomic mass is 10.1. The van der Waals surface area contributed by atoms with Crippen molar-refractivity contribution in [2.45, 2.75) is 6.92 Å². The molecule has 0 aliphatic carbocycles. The number of thioether (sulfide) groups is 1. The Balaban J connectivity index is 1.89. The maximum Gasteiger partial charge on any atom is 0.335 e. The number of carbonyl (C=O) groups is 2. The largest absolute Gasteiger partial charge is 0.490 e. The molecule has 1 amide bonds. The molecule has 32 heavy (non-hydrogen) atoms. The Morgan fingerprint density at radius 1 is 1.28 bits per heavy atom. The lowest BCUT2D eigenvalue weighted by molar-refractivity contribution is -0.121. The van der Waals surface area contributed by atoms with Crippen LogP contribution in [0.15, 0.2) is 59.0 Å². The lowest BCUT2D eigenvalue weighted by Gasteiger charge is -2.13. The molecule has 1 aliphatic rings. The highest BCUT2D eigenvalue weighted by Crippen LogP contribution is 2.39. The fourth-order valence-electron chi connectivity index (χ4n) is 2.81. The Labute approximate surface area is 195 Å². The van der Waals surface area contributed by atoms with E-state index in [0.29, 0.717) is 44.5 Å². The Kier molecular flexibility index (Phi) is 7.61. The summed E-state index contributed by atoms with van der Waals surface area (Å²) < 4.78 is 11.3. The van der Waals surface area contributed by atoms with Crippen molar-refractivity contribution in [3.63, 3.8) is 0 Å². The van der Waals surface area contributed by atoms with E-state index in [4.69, 9.17) is 26.2 Å². The molecule has 1 fully saturated rings. The van der Waals surface area contributed by atoms with E-state index in [1.807, 2.05) is 6.92 Å². The molecule has 9 heteroatoms. The minimum atomic E-state index is -1.01. The van der Waals surface area contributed by atoms with E-state index in [-0.39, 0.29) is 18.1 Å². The number of halogens is 1. The maximum absolute atomic E-state index is 12.7. The zero-order valence-electron chi connectivity index (χ0n) is 17.5. The van der Waals surface area contributed by atoms with E-state index in [2.05, 4.69) is 11.6 Å². The van der Waals surface area contributed by atoms with Gasteiger partial charge in [-0.1, -0.05) is 24.3 Å². The zero-order valence-corrected chi connectivity index (χ0v) is 19.1. The van der Waals surface area contributed by atoms with Crippen LogP contribution in [0.4, 0.5) is 5.69 Å². The Hall–Kier alpha value is -3.23. The van der Waals surface area contributed by atoms with Gasteiger partial charge in [-0.2, -0.15) is 0 Å². The first kappa shape index (κ1) is 23.4. The Morgan fingerprint density at radius 3 is 2.62 bits per heavy atom. The number of carbonyl (C=O) groups excluding carboxylic acids is 1. The number of amidine groups is 1. The number of ether oxygens (including phenoxy) is 2.